The van der Waals surface area contributed by atoms with E-state index in [1.54, 1.807) is 18.0 Å². The lowest BCUT2D eigenvalue weighted by Crippen LogP contribution is -2.46. The van der Waals surface area contributed by atoms with Crippen molar-refractivity contribution in [1.82, 2.24) is 5.32 Å². The van der Waals surface area contributed by atoms with Crippen LogP contribution < -0.4 is 11.1 Å². The summed E-state index contributed by atoms with van der Waals surface area (Å²) in [4.78, 5) is 22.0. The molecule has 5 heteroatoms. The highest BCUT2D eigenvalue weighted by atomic mass is 32.2. The monoisotopic (exact) mass is 231 g/mol. The molecule has 0 bridgehead atoms. The normalized spacial score (nSPS) is 14.3. The summed E-state index contributed by atoms with van der Waals surface area (Å²) >= 11 is 1.64. The first-order valence-corrected chi connectivity index (χ1v) is 6.47. The SMILES string of the molecule is CCC[C@@H]([C]=O)NC(=O)[C@@H](N)CCSC. The van der Waals surface area contributed by atoms with Gasteiger partial charge in [0.15, 0.2) is 0 Å². The molecule has 0 aromatic carbocycles. The highest BCUT2D eigenvalue weighted by Gasteiger charge is 2.17. The number of hydrogen-bond donors (Lipinski definition) is 2. The first-order valence-electron chi connectivity index (χ1n) is 5.08. The Balaban J connectivity index is 3.92. The van der Waals surface area contributed by atoms with Crippen LogP contribution in [0, 0.1) is 0 Å². The average molecular weight is 231 g/mol. The maximum Gasteiger partial charge on any atom is 0.237 e. The summed E-state index contributed by atoms with van der Waals surface area (Å²) in [6, 6.07) is -1.03. The van der Waals surface area contributed by atoms with E-state index in [4.69, 9.17) is 5.73 Å². The van der Waals surface area contributed by atoms with E-state index in [1.807, 2.05) is 13.2 Å². The van der Waals surface area contributed by atoms with E-state index < -0.39 is 12.1 Å². The van der Waals surface area contributed by atoms with Crippen molar-refractivity contribution < 1.29 is 9.59 Å². The summed E-state index contributed by atoms with van der Waals surface area (Å²) < 4.78 is 0. The van der Waals surface area contributed by atoms with Gasteiger partial charge in [-0.05, 0) is 24.9 Å². The summed E-state index contributed by atoms with van der Waals surface area (Å²) in [5.74, 6) is 0.587. The molecule has 0 saturated heterocycles. The third-order valence-electron chi connectivity index (χ3n) is 2.01. The molecule has 1 amide bonds. The van der Waals surface area contributed by atoms with Gasteiger partial charge in [0.25, 0.3) is 0 Å². The molecule has 0 aliphatic carbocycles. The molecule has 4 nitrogen and oxygen atoms in total. The molecular formula is C10H19N2O2S. The molecule has 0 aliphatic rings. The zero-order chi connectivity index (χ0) is 11.7. The fourth-order valence-corrected chi connectivity index (χ4v) is 1.59. The van der Waals surface area contributed by atoms with Crippen molar-refractivity contribution in [2.24, 2.45) is 5.73 Å². The predicted octanol–water partition coefficient (Wildman–Crippen LogP) is 0.461. The zero-order valence-electron chi connectivity index (χ0n) is 9.29. The minimum atomic E-state index is -0.523. The van der Waals surface area contributed by atoms with Gasteiger partial charge in [0.05, 0.1) is 12.1 Å². The van der Waals surface area contributed by atoms with Gasteiger partial charge in [-0.1, -0.05) is 13.3 Å². The molecule has 0 unspecified atom stereocenters. The number of amides is 1. The van der Waals surface area contributed by atoms with Crippen LogP contribution in [0.4, 0.5) is 0 Å². The van der Waals surface area contributed by atoms with Gasteiger partial charge in [-0.15, -0.1) is 0 Å². The van der Waals surface area contributed by atoms with Crippen LogP contribution in [0.5, 0.6) is 0 Å². The smallest absolute Gasteiger partial charge is 0.237 e. The molecule has 0 aromatic heterocycles. The molecule has 1 radical (unpaired) electrons. The lowest BCUT2D eigenvalue weighted by molar-refractivity contribution is -0.122. The molecule has 0 rings (SSSR count). The maximum atomic E-state index is 11.5. The number of rotatable bonds is 8. The van der Waals surface area contributed by atoms with Crippen molar-refractivity contribution in [1.29, 1.82) is 0 Å². The Kier molecular flexibility index (Phi) is 8.41. The molecular weight excluding hydrogens is 212 g/mol. The Hall–Kier alpha value is -0.550. The number of nitrogens with two attached hydrogens (primary N) is 1. The number of thioether (sulfide) groups is 1. The van der Waals surface area contributed by atoms with E-state index in [-0.39, 0.29) is 5.91 Å². The number of nitrogens with one attached hydrogen (secondary N) is 1. The Bertz CT molecular complexity index is 200. The third kappa shape index (κ3) is 6.52. The second-order valence-corrected chi connectivity index (χ2v) is 4.34. The van der Waals surface area contributed by atoms with Crippen molar-refractivity contribution in [2.45, 2.75) is 38.3 Å². The van der Waals surface area contributed by atoms with Crippen LogP contribution in [0.15, 0.2) is 0 Å². The molecule has 0 fully saturated rings. The van der Waals surface area contributed by atoms with Gasteiger partial charge >= 0.3 is 0 Å². The van der Waals surface area contributed by atoms with Crippen LogP contribution in [-0.4, -0.2) is 36.3 Å². The van der Waals surface area contributed by atoms with E-state index in [1.165, 1.54) is 0 Å². The minimum Gasteiger partial charge on any atom is -0.344 e. The molecule has 0 spiro atoms. The molecule has 0 aliphatic heterocycles. The Morgan fingerprint density at radius 3 is 2.67 bits per heavy atom. The van der Waals surface area contributed by atoms with E-state index >= 15 is 0 Å². The first-order chi connectivity index (χ1) is 7.15. The van der Waals surface area contributed by atoms with Crippen molar-refractivity contribution in [2.75, 3.05) is 12.0 Å². The molecule has 3 N–H and O–H groups in total. The van der Waals surface area contributed by atoms with Crippen LogP contribution in [0.3, 0.4) is 0 Å². The van der Waals surface area contributed by atoms with Crippen LogP contribution in [0.25, 0.3) is 0 Å². The second-order valence-electron chi connectivity index (χ2n) is 3.36. The van der Waals surface area contributed by atoms with Crippen molar-refractivity contribution in [3.05, 3.63) is 0 Å². The molecule has 0 saturated carbocycles. The number of hydrogen-bond acceptors (Lipinski definition) is 4. The van der Waals surface area contributed by atoms with E-state index in [9.17, 15) is 9.59 Å². The summed E-state index contributed by atoms with van der Waals surface area (Å²) in [5, 5.41) is 2.58. The van der Waals surface area contributed by atoms with Gasteiger partial charge < -0.3 is 11.1 Å². The van der Waals surface area contributed by atoms with Gasteiger partial charge in [0.2, 0.25) is 12.2 Å². The lowest BCUT2D eigenvalue weighted by atomic mass is 10.1. The Morgan fingerprint density at radius 2 is 2.20 bits per heavy atom. The minimum absolute atomic E-state index is 0.258. The average Bonchev–Trinajstić information content (AvgIpc) is 2.24. The quantitative estimate of drug-likeness (QED) is 0.636. The van der Waals surface area contributed by atoms with Crippen molar-refractivity contribution in [3.8, 4) is 0 Å². The number of carbonyl (C=O) groups is 1. The van der Waals surface area contributed by atoms with E-state index in [0.29, 0.717) is 12.8 Å². The van der Waals surface area contributed by atoms with Gasteiger partial charge in [-0.25, -0.2) is 0 Å². The summed E-state index contributed by atoms with van der Waals surface area (Å²) in [6.45, 7) is 1.95. The molecule has 87 valence electrons. The van der Waals surface area contributed by atoms with Crippen molar-refractivity contribution in [3.63, 3.8) is 0 Å². The predicted molar refractivity (Wildman–Crippen MR) is 63.5 cm³/mol. The largest absolute Gasteiger partial charge is 0.344 e. The fourth-order valence-electron chi connectivity index (χ4n) is 1.10. The maximum absolute atomic E-state index is 11.5. The summed E-state index contributed by atoms with van der Waals surface area (Å²) in [6.07, 6.45) is 5.84. The van der Waals surface area contributed by atoms with Crippen LogP contribution in [-0.2, 0) is 9.59 Å². The highest BCUT2D eigenvalue weighted by molar-refractivity contribution is 7.98. The van der Waals surface area contributed by atoms with Crippen LogP contribution >= 0.6 is 11.8 Å². The summed E-state index contributed by atoms with van der Waals surface area (Å²) in [5.41, 5.74) is 5.65. The topological polar surface area (TPSA) is 72.2 Å². The highest BCUT2D eigenvalue weighted by Crippen LogP contribution is 2.00. The van der Waals surface area contributed by atoms with Gasteiger partial charge in [0.1, 0.15) is 0 Å². The standard InChI is InChI=1S/C10H19N2O2S/c1-3-4-8(7-13)12-10(14)9(11)5-6-15-2/h8-9H,3-6,11H2,1-2H3,(H,12,14)/t8-,9-/m0/s1. The Morgan fingerprint density at radius 1 is 1.53 bits per heavy atom. The third-order valence-corrected chi connectivity index (χ3v) is 2.65. The Labute approximate surface area is 95.4 Å². The summed E-state index contributed by atoms with van der Waals surface area (Å²) in [7, 11) is 0. The molecule has 0 heterocycles. The molecule has 0 aromatic rings. The van der Waals surface area contributed by atoms with Crippen molar-refractivity contribution >= 4 is 24.0 Å². The first kappa shape index (κ1) is 14.5. The lowest BCUT2D eigenvalue weighted by Gasteiger charge is -2.15. The zero-order valence-corrected chi connectivity index (χ0v) is 10.1. The van der Waals surface area contributed by atoms with Gasteiger partial charge in [-0.3, -0.25) is 9.59 Å². The van der Waals surface area contributed by atoms with E-state index in [2.05, 4.69) is 5.32 Å². The van der Waals surface area contributed by atoms with Crippen LogP contribution in [0.2, 0.25) is 0 Å². The van der Waals surface area contributed by atoms with Gasteiger partial charge in [0, 0.05) is 0 Å². The second kappa shape index (κ2) is 8.73. The van der Waals surface area contributed by atoms with Crippen LogP contribution in [0.1, 0.15) is 26.2 Å². The van der Waals surface area contributed by atoms with E-state index in [0.717, 1.165) is 12.2 Å². The van der Waals surface area contributed by atoms with Gasteiger partial charge in [-0.2, -0.15) is 11.8 Å². The molecule has 2 atom stereocenters. The molecule has 15 heavy (non-hydrogen) atoms. The number of carbonyl (C=O) groups excluding carboxylic acids is 2. The fraction of sp³-hybridized carbons (Fsp3) is 0.800.